The number of rotatable bonds is 3. The van der Waals surface area contributed by atoms with Crippen molar-refractivity contribution < 1.29 is 27.8 Å². The summed E-state index contributed by atoms with van der Waals surface area (Å²) in [4.78, 5) is 25.8. The van der Waals surface area contributed by atoms with Gasteiger partial charge in [0.2, 0.25) is 0 Å². The van der Waals surface area contributed by atoms with Crippen molar-refractivity contribution in [1.82, 2.24) is 4.90 Å². The molecule has 0 spiro atoms. The van der Waals surface area contributed by atoms with E-state index < -0.39 is 29.8 Å². The van der Waals surface area contributed by atoms with Crippen LogP contribution >= 0.6 is 0 Å². The first kappa shape index (κ1) is 19.8. The molecule has 1 heterocycles. The van der Waals surface area contributed by atoms with Crippen LogP contribution in [0.1, 0.15) is 52.4 Å². The van der Waals surface area contributed by atoms with Crippen LogP contribution in [0.2, 0.25) is 0 Å². The van der Waals surface area contributed by atoms with Crippen LogP contribution in [0.15, 0.2) is 11.8 Å². The molecular formula is C18H27F2NO4. The molecule has 0 aromatic rings. The van der Waals surface area contributed by atoms with Crippen molar-refractivity contribution in [3.05, 3.63) is 11.8 Å². The molecule has 0 radical (unpaired) electrons. The Morgan fingerprint density at radius 1 is 1.32 bits per heavy atom. The van der Waals surface area contributed by atoms with E-state index in [0.29, 0.717) is 45.4 Å². The molecule has 0 aromatic heterocycles. The van der Waals surface area contributed by atoms with Crippen LogP contribution in [-0.2, 0) is 14.3 Å². The molecule has 2 atom stereocenters. The maximum atomic E-state index is 15.2. The maximum absolute atomic E-state index is 15.2. The Labute approximate surface area is 147 Å². The predicted molar refractivity (Wildman–Crippen MR) is 88.4 cm³/mol. The molecule has 142 valence electrons. The normalized spacial score (nSPS) is 29.1. The monoisotopic (exact) mass is 359 g/mol. The number of fused-ring (bicyclic) bond motifs is 1. The lowest BCUT2D eigenvalue weighted by Crippen LogP contribution is -2.48. The summed E-state index contributed by atoms with van der Waals surface area (Å²) in [6.07, 6.45) is 1.83. The number of amides is 1. The van der Waals surface area contributed by atoms with Gasteiger partial charge in [0.25, 0.3) is 0 Å². The summed E-state index contributed by atoms with van der Waals surface area (Å²) in [5, 5.41) is 0. The Bertz CT molecular complexity index is 517. The molecule has 5 nitrogen and oxygen atoms in total. The van der Waals surface area contributed by atoms with Crippen molar-refractivity contribution >= 4 is 11.9 Å². The number of hydrogen-bond acceptors (Lipinski definition) is 4. The summed E-state index contributed by atoms with van der Waals surface area (Å²) >= 11 is 0. The molecule has 1 amide bonds. The van der Waals surface area contributed by atoms with Crippen molar-refractivity contribution in [2.45, 2.75) is 64.4 Å². The molecule has 0 saturated carbocycles. The van der Waals surface area contributed by atoms with Crippen LogP contribution in [0.25, 0.3) is 0 Å². The Hall–Kier alpha value is -1.50. The van der Waals surface area contributed by atoms with Crippen LogP contribution in [0.3, 0.4) is 0 Å². The Balaban J connectivity index is 2.30. The van der Waals surface area contributed by atoms with E-state index in [0.717, 1.165) is 0 Å². The number of ether oxygens (including phenoxy) is 2. The Kier molecular flexibility index (Phi) is 6.93. The fourth-order valence-corrected chi connectivity index (χ4v) is 3.36. The zero-order chi connectivity index (χ0) is 18.4. The van der Waals surface area contributed by atoms with Gasteiger partial charge in [0.05, 0.1) is 5.92 Å². The molecule has 0 unspecified atom stereocenters. The SMILES string of the molecule is CCN(CC)C(=O)O/C1=C/CCCCC(=O)[C@@H]2OCCC[C@@H]2C1(F)F. The standard InChI is InChI=1S/C18H27F2NO4/c1-3-21(4-2)17(23)25-15-11-7-5-6-10-14(22)16-13(18(15,19)20)9-8-12-24-16/h11,13,16H,3-10,12H2,1-2H3/b15-11+/t13-,16+/m0/s1. The number of allylic oxidation sites excluding steroid dienone is 2. The van der Waals surface area contributed by atoms with Gasteiger partial charge in [0, 0.05) is 26.1 Å². The van der Waals surface area contributed by atoms with E-state index in [1.807, 2.05) is 0 Å². The number of carbonyl (C=O) groups is 2. The van der Waals surface area contributed by atoms with Crippen molar-refractivity contribution in [3.8, 4) is 0 Å². The lowest BCUT2D eigenvalue weighted by molar-refractivity contribution is -0.163. The van der Waals surface area contributed by atoms with Gasteiger partial charge in [-0.25, -0.2) is 4.79 Å². The zero-order valence-corrected chi connectivity index (χ0v) is 14.9. The molecule has 0 N–H and O–H groups in total. The summed E-state index contributed by atoms with van der Waals surface area (Å²) < 4.78 is 40.8. The number of ketones is 1. The van der Waals surface area contributed by atoms with E-state index in [1.165, 1.54) is 11.0 Å². The predicted octanol–water partition coefficient (Wildman–Crippen LogP) is 3.92. The number of halogens is 2. The van der Waals surface area contributed by atoms with Crippen LogP contribution in [-0.4, -0.2) is 48.5 Å². The first-order chi connectivity index (χ1) is 11.9. The van der Waals surface area contributed by atoms with Gasteiger partial charge in [-0.15, -0.1) is 0 Å². The molecule has 2 rings (SSSR count). The fraction of sp³-hybridized carbons (Fsp3) is 0.778. The van der Waals surface area contributed by atoms with Crippen molar-refractivity contribution in [1.29, 1.82) is 0 Å². The Morgan fingerprint density at radius 3 is 2.72 bits per heavy atom. The second-order valence-corrected chi connectivity index (χ2v) is 6.48. The molecule has 2 aliphatic rings. The van der Waals surface area contributed by atoms with Crippen LogP contribution < -0.4 is 0 Å². The van der Waals surface area contributed by atoms with Gasteiger partial charge in [0.1, 0.15) is 6.10 Å². The van der Waals surface area contributed by atoms with E-state index in [4.69, 9.17) is 9.47 Å². The molecule has 1 fully saturated rings. The minimum Gasteiger partial charge on any atom is -0.409 e. The number of hydrogen-bond donors (Lipinski definition) is 0. The van der Waals surface area contributed by atoms with Gasteiger partial charge >= 0.3 is 12.0 Å². The van der Waals surface area contributed by atoms with Gasteiger partial charge in [-0.3, -0.25) is 4.79 Å². The van der Waals surface area contributed by atoms with Crippen LogP contribution in [0.4, 0.5) is 13.6 Å². The third-order valence-electron chi connectivity index (χ3n) is 4.86. The fourth-order valence-electron chi connectivity index (χ4n) is 3.36. The Morgan fingerprint density at radius 2 is 2.04 bits per heavy atom. The molecule has 7 heteroatoms. The average molecular weight is 359 g/mol. The third-order valence-corrected chi connectivity index (χ3v) is 4.86. The van der Waals surface area contributed by atoms with Gasteiger partial charge in [0.15, 0.2) is 11.5 Å². The molecule has 1 aliphatic heterocycles. The topological polar surface area (TPSA) is 55.8 Å². The lowest BCUT2D eigenvalue weighted by Gasteiger charge is -2.37. The number of alkyl halides is 2. The molecule has 25 heavy (non-hydrogen) atoms. The van der Waals surface area contributed by atoms with Crippen LogP contribution in [0.5, 0.6) is 0 Å². The molecule has 0 aromatic carbocycles. The first-order valence-corrected chi connectivity index (χ1v) is 9.11. The highest BCUT2D eigenvalue weighted by molar-refractivity contribution is 5.83. The third kappa shape index (κ3) is 4.57. The van der Waals surface area contributed by atoms with E-state index in [2.05, 4.69) is 0 Å². The van der Waals surface area contributed by atoms with Crippen molar-refractivity contribution in [2.24, 2.45) is 5.92 Å². The van der Waals surface area contributed by atoms with Crippen LogP contribution in [0, 0.1) is 5.92 Å². The second-order valence-electron chi connectivity index (χ2n) is 6.48. The molecule has 1 aliphatic carbocycles. The molecule has 0 bridgehead atoms. The zero-order valence-electron chi connectivity index (χ0n) is 14.9. The highest BCUT2D eigenvalue weighted by Crippen LogP contribution is 2.42. The van der Waals surface area contributed by atoms with Crippen molar-refractivity contribution in [3.63, 3.8) is 0 Å². The minimum absolute atomic E-state index is 0.170. The second kappa shape index (κ2) is 8.74. The summed E-state index contributed by atoms with van der Waals surface area (Å²) in [5.41, 5.74) is 0. The summed E-state index contributed by atoms with van der Waals surface area (Å²) in [6.45, 7) is 4.58. The van der Waals surface area contributed by atoms with E-state index >= 15 is 8.78 Å². The highest BCUT2D eigenvalue weighted by Gasteiger charge is 2.52. The number of nitrogens with zero attached hydrogens (tertiary/aromatic N) is 1. The number of Topliss-reactive ketones (excluding diaryl/α,β-unsaturated/α-hetero) is 1. The summed E-state index contributed by atoms with van der Waals surface area (Å²) in [5.74, 6) is -5.62. The minimum atomic E-state index is -3.42. The van der Waals surface area contributed by atoms with E-state index in [-0.39, 0.29) is 18.6 Å². The van der Waals surface area contributed by atoms with Crippen molar-refractivity contribution in [2.75, 3.05) is 19.7 Å². The molecule has 1 saturated heterocycles. The van der Waals surface area contributed by atoms with E-state index in [1.54, 1.807) is 13.8 Å². The summed E-state index contributed by atoms with van der Waals surface area (Å²) in [6, 6.07) is 0. The highest BCUT2D eigenvalue weighted by atomic mass is 19.3. The lowest BCUT2D eigenvalue weighted by atomic mass is 9.83. The number of carbonyl (C=O) groups excluding carboxylic acids is 2. The smallest absolute Gasteiger partial charge is 0.409 e. The van der Waals surface area contributed by atoms with Gasteiger partial charge < -0.3 is 14.4 Å². The van der Waals surface area contributed by atoms with Gasteiger partial charge in [-0.2, -0.15) is 8.78 Å². The maximum Gasteiger partial charge on any atom is 0.415 e. The summed E-state index contributed by atoms with van der Waals surface area (Å²) in [7, 11) is 0. The van der Waals surface area contributed by atoms with Gasteiger partial charge in [-0.1, -0.05) is 0 Å². The average Bonchev–Trinajstić information content (AvgIpc) is 2.60. The van der Waals surface area contributed by atoms with Gasteiger partial charge in [-0.05, 0) is 52.0 Å². The van der Waals surface area contributed by atoms with E-state index in [9.17, 15) is 9.59 Å². The molecular weight excluding hydrogens is 332 g/mol. The largest absolute Gasteiger partial charge is 0.415 e. The first-order valence-electron chi connectivity index (χ1n) is 9.11. The quantitative estimate of drug-likeness (QED) is 0.766.